The molecule has 0 bridgehead atoms. The zero-order chi connectivity index (χ0) is 24.5. The lowest BCUT2D eigenvalue weighted by molar-refractivity contribution is -0.384. The fourth-order valence-electron chi connectivity index (χ4n) is 3.80. The Balaban J connectivity index is 1.65. The molecule has 11 heteroatoms. The molecule has 1 saturated heterocycles. The van der Waals surface area contributed by atoms with E-state index in [1.807, 2.05) is 0 Å². The Kier molecular flexibility index (Phi) is 6.65. The van der Waals surface area contributed by atoms with Crippen molar-refractivity contribution in [3.8, 4) is 12.3 Å². The summed E-state index contributed by atoms with van der Waals surface area (Å²) >= 11 is 1.19. The Bertz CT molecular complexity index is 1470. The van der Waals surface area contributed by atoms with Gasteiger partial charge in [-0.05, 0) is 49.1 Å². The Morgan fingerprint density at radius 3 is 2.53 bits per heavy atom. The van der Waals surface area contributed by atoms with Crippen molar-refractivity contribution in [2.45, 2.75) is 31.2 Å². The van der Waals surface area contributed by atoms with E-state index in [1.165, 1.54) is 52.0 Å². The molecule has 3 aromatic rings. The van der Waals surface area contributed by atoms with Gasteiger partial charge in [0, 0.05) is 30.8 Å². The molecule has 1 amide bonds. The first-order chi connectivity index (χ1) is 16.2. The normalized spacial score (nSPS) is 15.9. The minimum atomic E-state index is -3.62. The molecule has 1 aromatic heterocycles. The van der Waals surface area contributed by atoms with Gasteiger partial charge in [-0.3, -0.25) is 14.9 Å². The summed E-state index contributed by atoms with van der Waals surface area (Å²) in [6.07, 6.45) is 7.11. The van der Waals surface area contributed by atoms with Crippen molar-refractivity contribution in [2.24, 2.45) is 10.9 Å². The van der Waals surface area contributed by atoms with Gasteiger partial charge in [-0.15, -0.1) is 6.42 Å². The van der Waals surface area contributed by atoms with Gasteiger partial charge >= 0.3 is 0 Å². The van der Waals surface area contributed by atoms with E-state index in [2.05, 4.69) is 17.8 Å². The lowest BCUT2D eigenvalue weighted by Gasteiger charge is -2.29. The predicted molar refractivity (Wildman–Crippen MR) is 129 cm³/mol. The molecule has 176 valence electrons. The summed E-state index contributed by atoms with van der Waals surface area (Å²) < 4.78 is 29.6. The molecule has 1 aliphatic heterocycles. The van der Waals surface area contributed by atoms with Gasteiger partial charge in [-0.25, -0.2) is 8.42 Å². The summed E-state index contributed by atoms with van der Waals surface area (Å²) in [5.74, 6) is 2.42. The maximum atomic E-state index is 12.9. The maximum Gasteiger partial charge on any atom is 0.279 e. The summed E-state index contributed by atoms with van der Waals surface area (Å²) in [6, 6.07) is 10.1. The van der Waals surface area contributed by atoms with Gasteiger partial charge in [0.2, 0.25) is 10.0 Å². The molecule has 2 aromatic carbocycles. The molecule has 0 aliphatic carbocycles. The second kappa shape index (κ2) is 9.50. The van der Waals surface area contributed by atoms with Gasteiger partial charge in [0.25, 0.3) is 11.6 Å². The number of benzene rings is 2. The zero-order valence-electron chi connectivity index (χ0n) is 18.4. The van der Waals surface area contributed by atoms with Crippen LogP contribution in [0.1, 0.15) is 30.1 Å². The predicted octanol–water partition coefficient (Wildman–Crippen LogP) is 3.41. The van der Waals surface area contributed by atoms with Gasteiger partial charge < -0.3 is 4.57 Å². The molecule has 0 spiro atoms. The van der Waals surface area contributed by atoms with Crippen LogP contribution in [-0.4, -0.2) is 41.2 Å². The number of carbonyl (C=O) groups excluding carboxylic acids is 1. The van der Waals surface area contributed by atoms with Gasteiger partial charge in [0.1, 0.15) is 0 Å². The fourth-order valence-corrected chi connectivity index (χ4v) is 6.27. The van der Waals surface area contributed by atoms with Crippen LogP contribution in [0.5, 0.6) is 0 Å². The summed E-state index contributed by atoms with van der Waals surface area (Å²) in [7, 11) is -3.62. The third-order valence-electron chi connectivity index (χ3n) is 5.80. The number of fused-ring (bicyclic) bond motifs is 1. The number of non-ortho nitro benzene ring substituents is 1. The van der Waals surface area contributed by atoms with Crippen molar-refractivity contribution in [1.29, 1.82) is 0 Å². The Labute approximate surface area is 200 Å². The molecule has 0 radical (unpaired) electrons. The van der Waals surface area contributed by atoms with E-state index in [9.17, 15) is 23.3 Å². The van der Waals surface area contributed by atoms with Crippen LogP contribution in [-0.2, 0) is 16.6 Å². The second-order valence-electron chi connectivity index (χ2n) is 8.11. The van der Waals surface area contributed by atoms with Crippen LogP contribution >= 0.6 is 11.3 Å². The number of hydrogen-bond donors (Lipinski definition) is 0. The van der Waals surface area contributed by atoms with Crippen LogP contribution in [0.3, 0.4) is 0 Å². The average Bonchev–Trinajstić information content (AvgIpc) is 3.15. The Morgan fingerprint density at radius 2 is 1.91 bits per heavy atom. The van der Waals surface area contributed by atoms with Crippen molar-refractivity contribution < 1.29 is 18.1 Å². The van der Waals surface area contributed by atoms with E-state index in [-0.39, 0.29) is 22.7 Å². The molecule has 9 nitrogen and oxygen atoms in total. The lowest BCUT2D eigenvalue weighted by atomic mass is 10.0. The number of rotatable bonds is 5. The minimum Gasteiger partial charge on any atom is -0.304 e. The van der Waals surface area contributed by atoms with E-state index >= 15 is 0 Å². The highest BCUT2D eigenvalue weighted by Crippen LogP contribution is 2.25. The van der Waals surface area contributed by atoms with Crippen molar-refractivity contribution >= 4 is 43.2 Å². The van der Waals surface area contributed by atoms with Crippen molar-refractivity contribution in [1.82, 2.24) is 8.87 Å². The van der Waals surface area contributed by atoms with Crippen LogP contribution < -0.4 is 4.80 Å². The van der Waals surface area contributed by atoms with Crippen molar-refractivity contribution in [3.63, 3.8) is 0 Å². The molecule has 4 rings (SSSR count). The van der Waals surface area contributed by atoms with Crippen LogP contribution in [0.15, 0.2) is 52.4 Å². The third-order valence-corrected chi connectivity index (χ3v) is 8.78. The van der Waals surface area contributed by atoms with E-state index in [0.29, 0.717) is 34.0 Å². The summed E-state index contributed by atoms with van der Waals surface area (Å²) in [6.45, 7) is 3.16. The van der Waals surface area contributed by atoms with Crippen LogP contribution in [0.4, 0.5) is 5.69 Å². The van der Waals surface area contributed by atoms with Crippen molar-refractivity contribution in [2.75, 3.05) is 13.1 Å². The van der Waals surface area contributed by atoms with Crippen LogP contribution in [0.25, 0.3) is 10.2 Å². The summed E-state index contributed by atoms with van der Waals surface area (Å²) in [4.78, 5) is 28.1. The first-order valence-corrected chi connectivity index (χ1v) is 12.9. The quantitative estimate of drug-likeness (QED) is 0.304. The Morgan fingerprint density at radius 1 is 1.24 bits per heavy atom. The van der Waals surface area contributed by atoms with E-state index in [1.54, 1.807) is 10.6 Å². The number of nitro benzene ring substituents is 1. The molecule has 34 heavy (non-hydrogen) atoms. The second-order valence-corrected chi connectivity index (χ2v) is 11.1. The van der Waals surface area contributed by atoms with Gasteiger partial charge in [-0.2, -0.15) is 9.30 Å². The number of nitro groups is 1. The molecule has 2 heterocycles. The highest BCUT2D eigenvalue weighted by Gasteiger charge is 2.28. The standard InChI is InChI=1S/C23H22N4O5S2/c1-3-12-26-20-15-18(27(29)30)6-9-21(20)33-23(26)24-22(28)17-4-7-19(8-5-17)34(31,32)25-13-10-16(2)11-14-25/h1,4-9,15-16H,10-14H2,2H3. The number of thiazole rings is 1. The number of aromatic nitrogens is 1. The molecule has 0 unspecified atom stereocenters. The number of hydrogen-bond acceptors (Lipinski definition) is 6. The number of piperidine rings is 1. The van der Waals surface area contributed by atoms with Crippen molar-refractivity contribution in [3.05, 3.63) is 62.9 Å². The highest BCUT2D eigenvalue weighted by atomic mass is 32.2. The molecule has 1 aliphatic rings. The minimum absolute atomic E-state index is 0.0823. The van der Waals surface area contributed by atoms with Crippen LogP contribution in [0, 0.1) is 28.4 Å². The first-order valence-electron chi connectivity index (χ1n) is 10.6. The molecular formula is C23H22N4O5S2. The SMILES string of the molecule is C#CCn1c(=NC(=O)c2ccc(S(=O)(=O)N3CCC(C)CC3)cc2)sc2ccc([N+](=O)[O-])cc21. The molecular weight excluding hydrogens is 476 g/mol. The Hall–Kier alpha value is -3.33. The number of sulfonamides is 1. The molecule has 0 N–H and O–H groups in total. The van der Waals surface area contributed by atoms with E-state index in [0.717, 1.165) is 12.8 Å². The van der Waals surface area contributed by atoms with E-state index in [4.69, 9.17) is 6.42 Å². The number of terminal acetylenes is 1. The monoisotopic (exact) mass is 498 g/mol. The molecule has 1 fully saturated rings. The summed E-state index contributed by atoms with van der Waals surface area (Å²) in [5, 5.41) is 11.1. The van der Waals surface area contributed by atoms with Gasteiger partial charge in [0.15, 0.2) is 4.80 Å². The summed E-state index contributed by atoms with van der Waals surface area (Å²) in [5.41, 5.74) is 0.650. The highest BCUT2D eigenvalue weighted by molar-refractivity contribution is 7.89. The number of amides is 1. The fraction of sp³-hybridized carbons (Fsp3) is 0.304. The topological polar surface area (TPSA) is 115 Å². The molecule has 0 saturated carbocycles. The largest absolute Gasteiger partial charge is 0.304 e. The number of nitrogens with zero attached hydrogens (tertiary/aromatic N) is 4. The lowest BCUT2D eigenvalue weighted by Crippen LogP contribution is -2.37. The van der Waals surface area contributed by atoms with Gasteiger partial charge in [0.05, 0.1) is 26.6 Å². The smallest absolute Gasteiger partial charge is 0.279 e. The third kappa shape index (κ3) is 4.65. The van der Waals surface area contributed by atoms with E-state index < -0.39 is 20.9 Å². The average molecular weight is 499 g/mol. The first kappa shape index (κ1) is 23.8. The maximum absolute atomic E-state index is 12.9. The van der Waals surface area contributed by atoms with Gasteiger partial charge in [-0.1, -0.05) is 24.2 Å². The zero-order valence-corrected chi connectivity index (χ0v) is 20.0. The number of carbonyl (C=O) groups is 1. The van der Waals surface area contributed by atoms with Crippen LogP contribution in [0.2, 0.25) is 0 Å². The molecule has 0 atom stereocenters.